The van der Waals surface area contributed by atoms with Gasteiger partial charge in [-0.2, -0.15) is 13.2 Å². The fourth-order valence-electron chi connectivity index (χ4n) is 1.62. The molecule has 0 radical (unpaired) electrons. The van der Waals surface area contributed by atoms with Gasteiger partial charge in [-0.05, 0) is 42.5 Å². The van der Waals surface area contributed by atoms with E-state index in [1.54, 1.807) is 12.1 Å². The van der Waals surface area contributed by atoms with E-state index < -0.39 is 17.6 Å². The summed E-state index contributed by atoms with van der Waals surface area (Å²) in [6, 6.07) is 7.68. The van der Waals surface area contributed by atoms with Gasteiger partial charge in [-0.1, -0.05) is 6.07 Å². The number of nitrogens with zero attached hydrogens (tertiary/aromatic N) is 1. The number of hydrogen-bond donors (Lipinski definition) is 3. The predicted molar refractivity (Wildman–Crippen MR) is 82.5 cm³/mol. The third kappa shape index (κ3) is 4.92. The van der Waals surface area contributed by atoms with Crippen LogP contribution in [0.15, 0.2) is 48.8 Å². The van der Waals surface area contributed by atoms with Crippen LogP contribution < -0.4 is 16.2 Å². The minimum Gasteiger partial charge on any atom is -0.331 e. The largest absolute Gasteiger partial charge is 0.416 e. The molecule has 1 aromatic carbocycles. The number of halogens is 3. The lowest BCUT2D eigenvalue weighted by Gasteiger charge is -2.13. The maximum absolute atomic E-state index is 12.6. The Labute approximate surface area is 134 Å². The second kappa shape index (κ2) is 7.05. The highest BCUT2D eigenvalue weighted by atomic mass is 32.1. The van der Waals surface area contributed by atoms with Crippen LogP contribution in [-0.2, 0) is 6.18 Å². The fraction of sp³-hybridized carbons (Fsp3) is 0.0714. The number of anilines is 1. The highest BCUT2D eigenvalue weighted by Gasteiger charge is 2.30. The van der Waals surface area contributed by atoms with Crippen molar-refractivity contribution < 1.29 is 18.0 Å². The number of rotatable bonds is 2. The maximum atomic E-state index is 12.6. The van der Waals surface area contributed by atoms with Gasteiger partial charge in [0.15, 0.2) is 5.11 Å². The van der Waals surface area contributed by atoms with Crippen molar-refractivity contribution in [2.45, 2.75) is 6.18 Å². The zero-order chi connectivity index (χ0) is 16.9. The average Bonchev–Trinajstić information content (AvgIpc) is 2.53. The average molecular weight is 340 g/mol. The van der Waals surface area contributed by atoms with Gasteiger partial charge in [-0.25, -0.2) is 0 Å². The van der Waals surface area contributed by atoms with Crippen molar-refractivity contribution in [3.8, 4) is 0 Å². The fourth-order valence-corrected chi connectivity index (χ4v) is 1.79. The molecule has 5 nitrogen and oxygen atoms in total. The van der Waals surface area contributed by atoms with E-state index in [2.05, 4.69) is 21.2 Å². The monoisotopic (exact) mass is 340 g/mol. The van der Waals surface area contributed by atoms with Crippen molar-refractivity contribution in [3.05, 3.63) is 59.9 Å². The zero-order valence-corrected chi connectivity index (χ0v) is 12.3. The number of alkyl halides is 3. The van der Waals surface area contributed by atoms with Gasteiger partial charge < -0.3 is 5.32 Å². The summed E-state index contributed by atoms with van der Waals surface area (Å²) in [5, 5.41) is 2.50. The Balaban J connectivity index is 1.92. The molecule has 23 heavy (non-hydrogen) atoms. The number of thiocarbonyl (C=S) groups is 1. The van der Waals surface area contributed by atoms with Gasteiger partial charge in [-0.15, -0.1) is 0 Å². The Kier molecular flexibility index (Phi) is 5.12. The number of aromatic nitrogens is 1. The topological polar surface area (TPSA) is 66.1 Å². The van der Waals surface area contributed by atoms with E-state index in [0.29, 0.717) is 5.56 Å². The highest BCUT2D eigenvalue weighted by molar-refractivity contribution is 7.80. The van der Waals surface area contributed by atoms with Crippen molar-refractivity contribution >= 4 is 28.9 Å². The van der Waals surface area contributed by atoms with Crippen LogP contribution in [0.1, 0.15) is 15.9 Å². The molecular formula is C14H11F3N4OS. The number of carbonyl (C=O) groups is 1. The Morgan fingerprint density at radius 2 is 1.91 bits per heavy atom. The van der Waals surface area contributed by atoms with Crippen molar-refractivity contribution in [1.82, 2.24) is 15.8 Å². The van der Waals surface area contributed by atoms with E-state index in [9.17, 15) is 18.0 Å². The molecule has 1 amide bonds. The van der Waals surface area contributed by atoms with E-state index in [1.807, 2.05) is 0 Å². The van der Waals surface area contributed by atoms with Crippen LogP contribution >= 0.6 is 12.2 Å². The van der Waals surface area contributed by atoms with Crippen LogP contribution in [0.3, 0.4) is 0 Å². The van der Waals surface area contributed by atoms with E-state index in [0.717, 1.165) is 12.1 Å². The molecule has 0 unspecified atom stereocenters. The van der Waals surface area contributed by atoms with Gasteiger partial charge in [0.2, 0.25) is 0 Å². The zero-order valence-electron chi connectivity index (χ0n) is 11.5. The standard InChI is InChI=1S/C14H11F3N4OS/c15-14(16,17)10-4-1-5-11(7-10)19-13(23)21-20-12(22)9-3-2-6-18-8-9/h1-8H,(H,20,22)(H2,19,21,23). The second-order valence-corrected chi connectivity index (χ2v) is 4.76. The van der Waals surface area contributed by atoms with Gasteiger partial charge in [0.1, 0.15) is 0 Å². The molecular weight excluding hydrogens is 329 g/mol. The van der Waals surface area contributed by atoms with E-state index in [-0.39, 0.29) is 10.8 Å². The summed E-state index contributed by atoms with van der Waals surface area (Å²) >= 11 is 4.91. The van der Waals surface area contributed by atoms with Crippen LogP contribution in [-0.4, -0.2) is 16.0 Å². The number of hydrazine groups is 1. The Morgan fingerprint density at radius 1 is 1.13 bits per heavy atom. The molecule has 1 aromatic heterocycles. The number of hydrogen-bond acceptors (Lipinski definition) is 3. The molecule has 1 heterocycles. The van der Waals surface area contributed by atoms with Crippen LogP contribution in [0.5, 0.6) is 0 Å². The van der Waals surface area contributed by atoms with Gasteiger partial charge in [0.05, 0.1) is 11.1 Å². The molecule has 120 valence electrons. The summed E-state index contributed by atoms with van der Waals surface area (Å²) in [5.74, 6) is -0.480. The molecule has 0 saturated heterocycles. The molecule has 0 aliphatic rings. The molecule has 0 aliphatic heterocycles. The number of amides is 1. The van der Waals surface area contributed by atoms with E-state index >= 15 is 0 Å². The van der Waals surface area contributed by atoms with Crippen LogP contribution in [0.2, 0.25) is 0 Å². The van der Waals surface area contributed by atoms with Crippen molar-refractivity contribution in [3.63, 3.8) is 0 Å². The molecule has 0 bridgehead atoms. The summed E-state index contributed by atoms with van der Waals surface area (Å²) in [7, 11) is 0. The molecule has 2 rings (SSSR count). The molecule has 0 atom stereocenters. The molecule has 0 aliphatic carbocycles. The van der Waals surface area contributed by atoms with Gasteiger partial charge in [0, 0.05) is 18.1 Å². The first-order chi connectivity index (χ1) is 10.9. The van der Waals surface area contributed by atoms with Crippen molar-refractivity contribution in [2.24, 2.45) is 0 Å². The molecule has 2 aromatic rings. The van der Waals surface area contributed by atoms with Crippen LogP contribution in [0.25, 0.3) is 0 Å². The first-order valence-corrected chi connectivity index (χ1v) is 6.72. The molecule has 9 heteroatoms. The van der Waals surface area contributed by atoms with E-state index in [4.69, 9.17) is 12.2 Å². The Bertz CT molecular complexity index is 707. The molecule has 0 spiro atoms. The first-order valence-electron chi connectivity index (χ1n) is 6.31. The summed E-state index contributed by atoms with van der Waals surface area (Å²) in [6.45, 7) is 0. The Hall–Kier alpha value is -2.68. The predicted octanol–water partition coefficient (Wildman–Crippen LogP) is 2.73. The third-order valence-corrected chi connectivity index (χ3v) is 2.87. The highest BCUT2D eigenvalue weighted by Crippen LogP contribution is 2.30. The number of benzene rings is 1. The maximum Gasteiger partial charge on any atom is 0.416 e. The lowest BCUT2D eigenvalue weighted by molar-refractivity contribution is -0.137. The quantitative estimate of drug-likeness (QED) is 0.579. The molecule has 0 saturated carbocycles. The molecule has 3 N–H and O–H groups in total. The van der Waals surface area contributed by atoms with Gasteiger partial charge in [-0.3, -0.25) is 20.6 Å². The SMILES string of the molecule is O=C(NNC(=S)Nc1cccc(C(F)(F)F)c1)c1cccnc1. The van der Waals surface area contributed by atoms with Crippen LogP contribution in [0, 0.1) is 0 Å². The lowest BCUT2D eigenvalue weighted by Crippen LogP contribution is -2.43. The smallest absolute Gasteiger partial charge is 0.331 e. The number of nitrogens with one attached hydrogen (secondary N) is 3. The van der Waals surface area contributed by atoms with Gasteiger partial charge >= 0.3 is 6.18 Å². The number of carbonyl (C=O) groups excluding carboxylic acids is 1. The minimum atomic E-state index is -4.44. The lowest BCUT2D eigenvalue weighted by atomic mass is 10.2. The van der Waals surface area contributed by atoms with Crippen molar-refractivity contribution in [1.29, 1.82) is 0 Å². The second-order valence-electron chi connectivity index (χ2n) is 4.35. The van der Waals surface area contributed by atoms with E-state index in [1.165, 1.54) is 24.5 Å². The normalized spacial score (nSPS) is 10.7. The van der Waals surface area contributed by atoms with Gasteiger partial charge in [0.25, 0.3) is 5.91 Å². The number of pyridine rings is 1. The third-order valence-electron chi connectivity index (χ3n) is 2.66. The van der Waals surface area contributed by atoms with Crippen molar-refractivity contribution in [2.75, 3.05) is 5.32 Å². The molecule has 0 fully saturated rings. The van der Waals surface area contributed by atoms with Crippen LogP contribution in [0.4, 0.5) is 18.9 Å². The first kappa shape index (κ1) is 16.7. The summed E-state index contributed by atoms with van der Waals surface area (Å²) in [4.78, 5) is 15.5. The Morgan fingerprint density at radius 3 is 2.57 bits per heavy atom. The summed E-state index contributed by atoms with van der Waals surface area (Å²) in [6.07, 6.45) is -1.56. The summed E-state index contributed by atoms with van der Waals surface area (Å²) < 4.78 is 37.8. The summed E-state index contributed by atoms with van der Waals surface area (Å²) in [5.41, 5.74) is 4.36. The minimum absolute atomic E-state index is 0.0541.